The molecule has 1 atom stereocenters. The third-order valence-electron chi connectivity index (χ3n) is 6.74. The topological polar surface area (TPSA) is 78.5 Å². The van der Waals surface area contributed by atoms with Gasteiger partial charge < -0.3 is 14.7 Å². The maximum atomic E-state index is 13.5. The van der Waals surface area contributed by atoms with Gasteiger partial charge in [0.1, 0.15) is 29.5 Å². The maximum Gasteiger partial charge on any atom is 0.273 e. The van der Waals surface area contributed by atoms with Gasteiger partial charge in [-0.15, -0.1) is 0 Å². The molecule has 0 radical (unpaired) electrons. The fourth-order valence-electron chi connectivity index (χ4n) is 4.96. The number of H-pyrrole nitrogens is 1. The number of ether oxygens (including phenoxy) is 1. The summed E-state index contributed by atoms with van der Waals surface area (Å²) in [5, 5.41) is 18.4. The van der Waals surface area contributed by atoms with Gasteiger partial charge in [0.05, 0.1) is 6.04 Å². The van der Waals surface area contributed by atoms with Crippen LogP contribution >= 0.6 is 0 Å². The highest BCUT2D eigenvalue weighted by atomic mass is 16.5. The van der Waals surface area contributed by atoms with Crippen LogP contribution in [-0.2, 0) is 6.61 Å². The normalized spacial score (nSPS) is 14.8. The number of amides is 1. The first kappa shape index (κ1) is 23.7. The Labute approximate surface area is 211 Å². The fraction of sp³-hybridized carbons (Fsp3) is 0.267. The van der Waals surface area contributed by atoms with E-state index in [-0.39, 0.29) is 17.7 Å². The van der Waals surface area contributed by atoms with Gasteiger partial charge in [-0.1, -0.05) is 61.9 Å². The summed E-state index contributed by atoms with van der Waals surface area (Å²) in [5.74, 6) is 0.863. The van der Waals surface area contributed by atoms with Crippen molar-refractivity contribution in [1.29, 1.82) is 0 Å². The number of unbranched alkanes of at least 4 members (excludes halogenated alkanes) is 1. The number of fused-ring (bicyclic) bond motifs is 1. The van der Waals surface area contributed by atoms with Crippen molar-refractivity contribution < 1.29 is 14.6 Å². The number of aromatic amines is 1. The molecule has 2 N–H and O–H groups in total. The number of rotatable bonds is 8. The number of aromatic nitrogens is 2. The fourth-order valence-corrected chi connectivity index (χ4v) is 4.96. The van der Waals surface area contributed by atoms with Crippen LogP contribution in [0, 0.1) is 13.8 Å². The van der Waals surface area contributed by atoms with Crippen molar-refractivity contribution in [3.05, 3.63) is 100 Å². The Morgan fingerprint density at radius 2 is 1.86 bits per heavy atom. The molecule has 1 aliphatic rings. The predicted molar refractivity (Wildman–Crippen MR) is 140 cm³/mol. The average molecular weight is 482 g/mol. The van der Waals surface area contributed by atoms with Gasteiger partial charge in [-0.25, -0.2) is 0 Å². The molecule has 1 amide bonds. The number of aromatic hydroxyl groups is 1. The lowest BCUT2D eigenvalue weighted by Gasteiger charge is -2.26. The van der Waals surface area contributed by atoms with Crippen LogP contribution in [0.1, 0.15) is 64.1 Å². The zero-order valence-corrected chi connectivity index (χ0v) is 20.9. The molecule has 0 saturated heterocycles. The molecule has 1 unspecified atom stereocenters. The van der Waals surface area contributed by atoms with Gasteiger partial charge in [-0.05, 0) is 60.7 Å². The summed E-state index contributed by atoms with van der Waals surface area (Å²) in [7, 11) is 0. The van der Waals surface area contributed by atoms with Gasteiger partial charge in [-0.3, -0.25) is 9.89 Å². The summed E-state index contributed by atoms with van der Waals surface area (Å²) in [6, 6.07) is 21.5. The molecule has 36 heavy (non-hydrogen) atoms. The Bertz CT molecular complexity index is 1390. The van der Waals surface area contributed by atoms with E-state index in [0.29, 0.717) is 30.1 Å². The molecular formula is C30H31N3O3. The number of nitrogens with zero attached hydrogens (tertiary/aromatic N) is 2. The van der Waals surface area contributed by atoms with Gasteiger partial charge >= 0.3 is 0 Å². The first-order valence-corrected chi connectivity index (χ1v) is 12.4. The Morgan fingerprint density at radius 3 is 2.64 bits per heavy atom. The van der Waals surface area contributed by atoms with Crippen molar-refractivity contribution in [3.8, 4) is 22.8 Å². The Morgan fingerprint density at radius 1 is 1.06 bits per heavy atom. The van der Waals surface area contributed by atoms with Crippen LogP contribution in [0.15, 0.2) is 66.7 Å². The number of phenols is 1. The maximum absolute atomic E-state index is 13.5. The summed E-state index contributed by atoms with van der Waals surface area (Å²) in [6.07, 6.45) is 1.88. The number of hydrogen-bond donors (Lipinski definition) is 2. The molecule has 0 fully saturated rings. The van der Waals surface area contributed by atoms with Crippen LogP contribution in [0.5, 0.6) is 11.5 Å². The van der Waals surface area contributed by atoms with Gasteiger partial charge in [0.2, 0.25) is 0 Å². The molecule has 2 heterocycles. The molecule has 1 aromatic heterocycles. The summed E-state index contributed by atoms with van der Waals surface area (Å²) < 4.78 is 6.10. The monoisotopic (exact) mass is 481 g/mol. The number of carbonyl (C=O) groups is 1. The summed E-state index contributed by atoms with van der Waals surface area (Å²) in [5.41, 5.74) is 6.39. The Kier molecular flexibility index (Phi) is 6.51. The highest BCUT2D eigenvalue weighted by Crippen LogP contribution is 2.45. The van der Waals surface area contributed by atoms with E-state index in [1.165, 1.54) is 0 Å². The van der Waals surface area contributed by atoms with Crippen molar-refractivity contribution in [1.82, 2.24) is 15.1 Å². The zero-order valence-electron chi connectivity index (χ0n) is 20.9. The molecule has 184 valence electrons. The smallest absolute Gasteiger partial charge is 0.273 e. The van der Waals surface area contributed by atoms with Gasteiger partial charge in [0.25, 0.3) is 5.91 Å². The molecule has 1 aliphatic heterocycles. The number of phenolic OH excluding ortho intramolecular Hbond substituents is 1. The van der Waals surface area contributed by atoms with E-state index in [1.54, 1.807) is 0 Å². The number of benzene rings is 3. The first-order chi connectivity index (χ1) is 17.5. The van der Waals surface area contributed by atoms with Crippen LogP contribution in [0.3, 0.4) is 0 Å². The summed E-state index contributed by atoms with van der Waals surface area (Å²) >= 11 is 0. The van der Waals surface area contributed by atoms with Gasteiger partial charge in [-0.2, -0.15) is 5.10 Å². The molecule has 4 aromatic rings. The molecule has 6 heteroatoms. The van der Waals surface area contributed by atoms with E-state index in [1.807, 2.05) is 85.5 Å². The molecule has 0 aliphatic carbocycles. The number of aryl methyl sites for hydroxylation is 2. The van der Waals surface area contributed by atoms with E-state index < -0.39 is 0 Å². The van der Waals surface area contributed by atoms with Crippen molar-refractivity contribution in [3.63, 3.8) is 0 Å². The van der Waals surface area contributed by atoms with E-state index in [0.717, 1.165) is 46.4 Å². The van der Waals surface area contributed by atoms with Crippen LogP contribution in [0.25, 0.3) is 11.3 Å². The van der Waals surface area contributed by atoms with Crippen LogP contribution < -0.4 is 4.74 Å². The molecule has 3 aromatic carbocycles. The minimum absolute atomic E-state index is 0.0679. The number of carbonyl (C=O) groups excluding carboxylic acids is 1. The lowest BCUT2D eigenvalue weighted by molar-refractivity contribution is 0.0741. The Balaban J connectivity index is 1.57. The van der Waals surface area contributed by atoms with Gasteiger partial charge in [0, 0.05) is 17.7 Å². The Hall–Kier alpha value is -4.06. The largest absolute Gasteiger partial charge is 0.507 e. The summed E-state index contributed by atoms with van der Waals surface area (Å²) in [6.45, 7) is 7.09. The van der Waals surface area contributed by atoms with Crippen molar-refractivity contribution in [2.75, 3.05) is 6.54 Å². The molecule has 0 bridgehead atoms. The van der Waals surface area contributed by atoms with Crippen molar-refractivity contribution in [2.45, 2.75) is 46.3 Å². The highest BCUT2D eigenvalue weighted by Gasteiger charge is 2.42. The lowest BCUT2D eigenvalue weighted by Crippen LogP contribution is -2.30. The molecule has 6 nitrogen and oxygen atoms in total. The van der Waals surface area contributed by atoms with Crippen LogP contribution in [0.2, 0.25) is 0 Å². The lowest BCUT2D eigenvalue weighted by atomic mass is 9.94. The second-order valence-corrected chi connectivity index (χ2v) is 9.44. The predicted octanol–water partition coefficient (Wildman–Crippen LogP) is 6.32. The van der Waals surface area contributed by atoms with Crippen LogP contribution in [0.4, 0.5) is 0 Å². The number of hydrogen-bond acceptors (Lipinski definition) is 4. The third kappa shape index (κ3) is 4.35. The minimum atomic E-state index is -0.326. The summed E-state index contributed by atoms with van der Waals surface area (Å²) in [4.78, 5) is 15.4. The molecule has 0 spiro atoms. The quantitative estimate of drug-likeness (QED) is 0.309. The van der Waals surface area contributed by atoms with Gasteiger partial charge in [0.15, 0.2) is 0 Å². The van der Waals surface area contributed by atoms with Crippen molar-refractivity contribution >= 4 is 5.91 Å². The first-order valence-electron chi connectivity index (χ1n) is 12.4. The van der Waals surface area contributed by atoms with E-state index in [2.05, 4.69) is 17.1 Å². The molecule has 5 rings (SSSR count). The number of nitrogens with one attached hydrogen (secondary N) is 1. The molecular weight excluding hydrogens is 450 g/mol. The second kappa shape index (κ2) is 9.90. The highest BCUT2D eigenvalue weighted by molar-refractivity contribution is 6.00. The second-order valence-electron chi connectivity index (χ2n) is 9.44. The van der Waals surface area contributed by atoms with E-state index in [9.17, 15) is 9.90 Å². The van der Waals surface area contributed by atoms with E-state index >= 15 is 0 Å². The van der Waals surface area contributed by atoms with Crippen molar-refractivity contribution in [2.24, 2.45) is 0 Å². The average Bonchev–Trinajstić information content (AvgIpc) is 3.43. The third-order valence-corrected chi connectivity index (χ3v) is 6.74. The standard InChI is InChI=1S/C30H31N3O3/c1-4-5-14-33-28(22-12-9-13-23(17-22)36-18-21-10-7-6-8-11-21)25-26(31-32-27(25)30(33)35)24-16-19(2)15-20(3)29(24)34/h6-13,15-17,28,34H,4-5,14,18H2,1-3H3,(H,31,32). The SMILES string of the molecule is CCCCN1C(=O)c2[nH]nc(-c3cc(C)cc(C)c3O)c2C1c1cccc(OCc2ccccc2)c1. The minimum Gasteiger partial charge on any atom is -0.507 e. The van der Waals surface area contributed by atoms with Crippen LogP contribution in [-0.4, -0.2) is 32.7 Å². The van der Waals surface area contributed by atoms with E-state index in [4.69, 9.17) is 4.74 Å². The zero-order chi connectivity index (χ0) is 25.2. The molecule has 0 saturated carbocycles.